The molecule has 0 aliphatic heterocycles. The fourth-order valence-corrected chi connectivity index (χ4v) is 0.684. The van der Waals surface area contributed by atoms with Gasteiger partial charge in [-0.3, -0.25) is 4.79 Å². The molecule has 0 spiro atoms. The first kappa shape index (κ1) is 8.10. The van der Waals surface area contributed by atoms with E-state index in [-0.39, 0.29) is 5.52 Å². The number of hydrogen-bond donors (Lipinski definition) is 0. The largest absolute Gasteiger partial charge is 0.294 e. The average Bonchev–Trinajstić information content (AvgIpc) is 1.66. The van der Waals surface area contributed by atoms with Crippen molar-refractivity contribution < 1.29 is 4.79 Å². The third kappa shape index (κ3) is 6.10. The van der Waals surface area contributed by atoms with Crippen LogP contribution in [0.25, 0.3) is 0 Å². The molecule has 0 unspecified atom stereocenters. The molecular formula is C6H11OP. The Hall–Kier alpha value is 0.100. The van der Waals surface area contributed by atoms with Crippen LogP contribution in [0, 0.1) is 0 Å². The van der Waals surface area contributed by atoms with Gasteiger partial charge in [-0.15, -0.1) is 0 Å². The molecule has 0 aliphatic carbocycles. The highest BCUT2D eigenvalue weighted by Gasteiger charge is 1.91. The van der Waals surface area contributed by atoms with Crippen molar-refractivity contribution in [1.29, 1.82) is 0 Å². The minimum absolute atomic E-state index is 0.0125. The molecule has 0 bridgehead atoms. The molecule has 0 heterocycles. The van der Waals surface area contributed by atoms with Crippen molar-refractivity contribution in [2.24, 2.45) is 0 Å². The van der Waals surface area contributed by atoms with Gasteiger partial charge in [0.05, 0.1) is 0 Å². The van der Waals surface area contributed by atoms with Gasteiger partial charge >= 0.3 is 0 Å². The van der Waals surface area contributed by atoms with Gasteiger partial charge in [-0.05, 0) is 6.42 Å². The maximum absolute atomic E-state index is 10.2. The molecule has 0 amide bonds. The fraction of sp³-hybridized carbons (Fsp3) is 0.833. The third-order valence-corrected chi connectivity index (χ3v) is 1.22. The Kier molecular flexibility index (Phi) is 5.31. The third-order valence-electron chi connectivity index (χ3n) is 0.994. The molecular weight excluding hydrogens is 119 g/mol. The van der Waals surface area contributed by atoms with Gasteiger partial charge < -0.3 is 0 Å². The number of carbonyl (C=O) groups is 1. The SMILES string of the molecule is CCCCCC(=O)[P]. The summed E-state index contributed by atoms with van der Waals surface area (Å²) in [4.78, 5) is 10.2. The first-order valence-electron chi connectivity index (χ1n) is 2.99. The van der Waals surface area contributed by atoms with Crippen LogP contribution in [0.1, 0.15) is 32.6 Å². The maximum Gasteiger partial charge on any atom is 0.164 e. The number of unbranched alkanes of at least 4 members (excludes halogenated alkanes) is 2. The molecule has 0 rings (SSSR count). The van der Waals surface area contributed by atoms with Gasteiger partial charge in [0.25, 0.3) is 0 Å². The van der Waals surface area contributed by atoms with E-state index in [1.54, 1.807) is 0 Å². The van der Waals surface area contributed by atoms with E-state index in [0.29, 0.717) is 6.42 Å². The average molecular weight is 130 g/mol. The Bertz CT molecular complexity index is 70.9. The Morgan fingerprint density at radius 3 is 2.50 bits per heavy atom. The summed E-state index contributed by atoms with van der Waals surface area (Å²) in [5, 5.41) is 0. The molecule has 0 aliphatic rings. The van der Waals surface area contributed by atoms with E-state index in [2.05, 4.69) is 16.2 Å². The highest BCUT2D eigenvalue weighted by Crippen LogP contribution is 2.02. The van der Waals surface area contributed by atoms with Crippen LogP contribution >= 0.6 is 9.24 Å². The van der Waals surface area contributed by atoms with Gasteiger partial charge in [0.15, 0.2) is 5.52 Å². The molecule has 0 atom stereocenters. The van der Waals surface area contributed by atoms with Crippen LogP contribution in [0.2, 0.25) is 0 Å². The second kappa shape index (κ2) is 5.24. The van der Waals surface area contributed by atoms with E-state index in [4.69, 9.17) is 0 Å². The first-order chi connectivity index (χ1) is 3.77. The molecule has 1 nitrogen and oxygen atoms in total. The Balaban J connectivity index is 2.82. The zero-order valence-corrected chi connectivity index (χ0v) is 6.08. The lowest BCUT2D eigenvalue weighted by Gasteiger charge is -1.89. The second-order valence-corrected chi connectivity index (χ2v) is 2.35. The van der Waals surface area contributed by atoms with Crippen molar-refractivity contribution >= 4 is 14.8 Å². The van der Waals surface area contributed by atoms with E-state index >= 15 is 0 Å². The van der Waals surface area contributed by atoms with Gasteiger partial charge in [-0.2, -0.15) is 0 Å². The topological polar surface area (TPSA) is 17.1 Å². The molecule has 0 N–H and O–H groups in total. The Labute approximate surface area is 53.1 Å². The summed E-state index contributed by atoms with van der Waals surface area (Å²) in [6.45, 7) is 2.11. The van der Waals surface area contributed by atoms with Crippen LogP contribution in [0.5, 0.6) is 0 Å². The highest BCUT2D eigenvalue weighted by molar-refractivity contribution is 7.40. The summed E-state index contributed by atoms with van der Waals surface area (Å²) in [6, 6.07) is 0. The molecule has 2 radical (unpaired) electrons. The summed E-state index contributed by atoms with van der Waals surface area (Å²) in [7, 11) is 3.63. The highest BCUT2D eigenvalue weighted by atomic mass is 31.0. The number of rotatable bonds is 4. The lowest BCUT2D eigenvalue weighted by Crippen LogP contribution is -1.83. The number of hydrogen-bond acceptors (Lipinski definition) is 1. The van der Waals surface area contributed by atoms with Crippen molar-refractivity contribution in [2.75, 3.05) is 0 Å². The molecule has 8 heavy (non-hydrogen) atoms. The normalized spacial score (nSPS) is 9.25. The van der Waals surface area contributed by atoms with Crippen LogP contribution < -0.4 is 0 Å². The van der Waals surface area contributed by atoms with Gasteiger partial charge in [-0.25, -0.2) is 0 Å². The zero-order valence-electron chi connectivity index (χ0n) is 5.18. The van der Waals surface area contributed by atoms with Crippen molar-refractivity contribution in [3.63, 3.8) is 0 Å². The quantitative estimate of drug-likeness (QED) is 0.422. The van der Waals surface area contributed by atoms with Gasteiger partial charge in [0.1, 0.15) is 0 Å². The van der Waals surface area contributed by atoms with Gasteiger partial charge in [0, 0.05) is 15.7 Å². The van der Waals surface area contributed by atoms with E-state index in [1.165, 1.54) is 6.42 Å². The zero-order chi connectivity index (χ0) is 6.41. The van der Waals surface area contributed by atoms with Crippen LogP contribution in [0.4, 0.5) is 0 Å². The minimum atomic E-state index is 0.0125. The van der Waals surface area contributed by atoms with Crippen LogP contribution in [-0.2, 0) is 4.79 Å². The molecule has 0 aromatic rings. The Morgan fingerprint density at radius 1 is 1.50 bits per heavy atom. The molecule has 0 aromatic carbocycles. The van der Waals surface area contributed by atoms with Crippen molar-refractivity contribution in [3.05, 3.63) is 0 Å². The summed E-state index contributed by atoms with van der Waals surface area (Å²) < 4.78 is 0. The number of carbonyl (C=O) groups excluding carboxylic acids is 1. The van der Waals surface area contributed by atoms with Crippen LogP contribution in [0.15, 0.2) is 0 Å². The standard InChI is InChI=1S/C6H11OP/c1-2-3-4-5-6(7)8/h2-5H2,1H3. The lowest BCUT2D eigenvalue weighted by atomic mass is 10.2. The molecule has 2 heteroatoms. The molecule has 0 fully saturated rings. The minimum Gasteiger partial charge on any atom is -0.294 e. The second-order valence-electron chi connectivity index (χ2n) is 1.85. The molecule has 0 saturated carbocycles. The van der Waals surface area contributed by atoms with Crippen LogP contribution in [-0.4, -0.2) is 5.52 Å². The summed E-state index contributed by atoms with van der Waals surface area (Å²) in [5.74, 6) is 0. The summed E-state index contributed by atoms with van der Waals surface area (Å²) in [6.07, 6.45) is 3.95. The predicted molar refractivity (Wildman–Crippen MR) is 36.1 cm³/mol. The molecule has 0 aromatic heterocycles. The summed E-state index contributed by atoms with van der Waals surface area (Å²) in [5.41, 5.74) is 0.0125. The molecule has 0 saturated heterocycles. The van der Waals surface area contributed by atoms with Gasteiger partial charge in [-0.1, -0.05) is 19.8 Å². The monoisotopic (exact) mass is 130 g/mol. The molecule has 46 valence electrons. The summed E-state index contributed by atoms with van der Waals surface area (Å²) >= 11 is 0. The maximum atomic E-state index is 10.2. The predicted octanol–water partition coefficient (Wildman–Crippen LogP) is 2.50. The van der Waals surface area contributed by atoms with Crippen molar-refractivity contribution in [3.8, 4) is 0 Å². The Morgan fingerprint density at radius 2 is 2.12 bits per heavy atom. The van der Waals surface area contributed by atoms with Crippen molar-refractivity contribution in [2.45, 2.75) is 32.6 Å². The van der Waals surface area contributed by atoms with E-state index < -0.39 is 0 Å². The van der Waals surface area contributed by atoms with Crippen LogP contribution in [0.3, 0.4) is 0 Å². The van der Waals surface area contributed by atoms with E-state index in [0.717, 1.165) is 12.8 Å². The van der Waals surface area contributed by atoms with Crippen molar-refractivity contribution in [1.82, 2.24) is 0 Å². The smallest absolute Gasteiger partial charge is 0.164 e. The lowest BCUT2D eigenvalue weighted by molar-refractivity contribution is -0.111. The van der Waals surface area contributed by atoms with E-state index in [9.17, 15) is 4.79 Å². The van der Waals surface area contributed by atoms with E-state index in [1.807, 2.05) is 0 Å². The fourth-order valence-electron chi connectivity index (χ4n) is 0.526. The first-order valence-corrected chi connectivity index (χ1v) is 3.44. The van der Waals surface area contributed by atoms with Gasteiger partial charge in [0.2, 0.25) is 0 Å².